The number of para-hydroxylation sites is 1. The van der Waals surface area contributed by atoms with Crippen LogP contribution in [0.25, 0.3) is 5.69 Å². The number of rotatable bonds is 1. The summed E-state index contributed by atoms with van der Waals surface area (Å²) in [6.07, 6.45) is -0.866. The van der Waals surface area contributed by atoms with E-state index in [2.05, 4.69) is 20.9 Å². The number of hydrogen-bond donors (Lipinski definition) is 0. The van der Waals surface area contributed by atoms with Crippen LogP contribution in [0.15, 0.2) is 41.2 Å². The lowest BCUT2D eigenvalue weighted by Gasteiger charge is -2.01. The molecule has 13 heavy (non-hydrogen) atoms. The molecule has 0 spiro atoms. The molecule has 0 bridgehead atoms. The summed E-state index contributed by atoms with van der Waals surface area (Å²) in [5, 5.41) is 0. The van der Waals surface area contributed by atoms with Gasteiger partial charge < -0.3 is 4.57 Å². The Hall–Kier alpha value is -1.16. The van der Waals surface area contributed by atoms with Crippen LogP contribution in [-0.4, -0.2) is 9.55 Å². The van der Waals surface area contributed by atoms with Crippen molar-refractivity contribution in [1.82, 2.24) is 9.55 Å². The van der Waals surface area contributed by atoms with Crippen LogP contribution >= 0.6 is 15.9 Å². The first kappa shape index (κ1) is 3.92. The summed E-state index contributed by atoms with van der Waals surface area (Å²) in [6.45, 7) is 0. The molecule has 0 atom stereocenters. The average Bonchev–Trinajstić information content (AvgIpc) is 2.61. The molecule has 0 aliphatic rings. The van der Waals surface area contributed by atoms with E-state index in [-0.39, 0.29) is 10.8 Å². The first-order valence-corrected chi connectivity index (χ1v) is 4.04. The summed E-state index contributed by atoms with van der Waals surface area (Å²) in [6, 6.07) is -2.85. The van der Waals surface area contributed by atoms with E-state index in [0.29, 0.717) is 4.57 Å². The van der Waals surface area contributed by atoms with Crippen LogP contribution in [0.3, 0.4) is 0 Å². The van der Waals surface area contributed by atoms with E-state index in [1.807, 2.05) is 0 Å². The Morgan fingerprint density at radius 1 is 1.46 bits per heavy atom. The maximum Gasteiger partial charge on any atom is 0.147 e. The van der Waals surface area contributed by atoms with Crippen LogP contribution in [0.1, 0.15) is 8.22 Å². The molecule has 0 fully saturated rings. The zero-order valence-electron chi connectivity index (χ0n) is 12.2. The number of hydrogen-bond acceptors (Lipinski definition) is 1. The minimum absolute atomic E-state index is 0.00990. The van der Waals surface area contributed by atoms with Crippen LogP contribution in [0.2, 0.25) is 0 Å². The van der Waals surface area contributed by atoms with Gasteiger partial charge in [0, 0.05) is 6.17 Å². The van der Waals surface area contributed by atoms with Crippen molar-refractivity contribution in [3.8, 4) is 5.69 Å². The molecule has 0 saturated heterocycles. The summed E-state index contributed by atoms with van der Waals surface area (Å²) in [7, 11) is 0. The largest absolute Gasteiger partial charge is 0.302 e. The summed E-state index contributed by atoms with van der Waals surface area (Å²) < 4.78 is 59.8. The number of nitrogens with zero attached hydrogens (tertiary/aromatic N) is 2. The SMILES string of the molecule is [2H]c1c([2H])c([2H])c(-n2c([2H])nc(Br)c2[2H])c(F)c1[2H]. The molecule has 0 N–H and O–H groups in total. The maximum absolute atomic E-state index is 14.0. The van der Waals surface area contributed by atoms with Gasteiger partial charge in [-0.25, -0.2) is 9.37 Å². The third kappa shape index (κ3) is 1.62. The molecule has 1 aromatic carbocycles. The van der Waals surface area contributed by atoms with Crippen LogP contribution < -0.4 is 0 Å². The second kappa shape index (κ2) is 3.30. The van der Waals surface area contributed by atoms with Gasteiger partial charge >= 0.3 is 0 Å². The van der Waals surface area contributed by atoms with E-state index < -0.39 is 42.0 Å². The third-order valence-electron chi connectivity index (χ3n) is 1.30. The maximum atomic E-state index is 14.0. The lowest BCUT2D eigenvalue weighted by Crippen LogP contribution is -1.93. The van der Waals surface area contributed by atoms with E-state index in [0.717, 1.165) is 0 Å². The van der Waals surface area contributed by atoms with Gasteiger partial charge in [0.25, 0.3) is 0 Å². The monoisotopic (exact) mass is 246 g/mol. The molecule has 0 aliphatic carbocycles. The predicted octanol–water partition coefficient (Wildman–Crippen LogP) is 2.77. The fraction of sp³-hybridized carbons (Fsp3) is 0. The van der Waals surface area contributed by atoms with Crippen molar-refractivity contribution in [3.05, 3.63) is 47.1 Å². The van der Waals surface area contributed by atoms with Crippen molar-refractivity contribution in [2.45, 2.75) is 0 Å². The minimum atomic E-state index is -1.22. The van der Waals surface area contributed by atoms with Gasteiger partial charge in [0.05, 0.1) is 12.5 Å². The average molecular weight is 247 g/mol. The molecule has 0 saturated carbocycles. The Kier molecular flexibility index (Phi) is 0.994. The fourth-order valence-corrected chi connectivity index (χ4v) is 1.04. The number of aromatic nitrogens is 2. The van der Waals surface area contributed by atoms with Crippen LogP contribution in [-0.2, 0) is 0 Å². The molecule has 0 radical (unpaired) electrons. The number of benzene rings is 1. The molecule has 0 unspecified atom stereocenters. The lowest BCUT2D eigenvalue weighted by molar-refractivity contribution is 0.618. The van der Waals surface area contributed by atoms with E-state index >= 15 is 0 Å². The van der Waals surface area contributed by atoms with Crippen LogP contribution in [0, 0.1) is 5.82 Å². The Morgan fingerprint density at radius 2 is 2.23 bits per heavy atom. The Morgan fingerprint density at radius 3 is 2.92 bits per heavy atom. The van der Waals surface area contributed by atoms with Crippen molar-refractivity contribution in [2.75, 3.05) is 0 Å². The number of imidazole rings is 1. The second-order valence-electron chi connectivity index (χ2n) is 2.11. The Bertz CT molecular complexity index is 657. The van der Waals surface area contributed by atoms with Crippen molar-refractivity contribution >= 4 is 15.9 Å². The first-order valence-electron chi connectivity index (χ1n) is 6.25. The highest BCUT2D eigenvalue weighted by atomic mass is 79.9. The summed E-state index contributed by atoms with van der Waals surface area (Å²) >= 11 is 2.91. The highest BCUT2D eigenvalue weighted by Crippen LogP contribution is 2.14. The molecule has 2 rings (SSSR count). The molecule has 2 nitrogen and oxygen atoms in total. The molecular weight excluding hydrogens is 235 g/mol. The standard InChI is InChI=1S/C9H6BrFN2/c10-9-5-13(6-12-9)8-4-2-1-3-7(8)11/h1-6H/i1D,2D,3D,4D,5D,6D. The van der Waals surface area contributed by atoms with Crippen molar-refractivity contribution in [1.29, 1.82) is 0 Å². The minimum Gasteiger partial charge on any atom is -0.302 e. The molecule has 66 valence electrons. The molecule has 0 aliphatic heterocycles. The van der Waals surface area contributed by atoms with Crippen LogP contribution in [0.5, 0.6) is 0 Å². The van der Waals surface area contributed by atoms with Gasteiger partial charge in [-0.2, -0.15) is 0 Å². The Balaban J connectivity index is 2.91. The molecular formula is C9H6BrFN2. The normalized spacial score (nSPS) is 16.8. The summed E-state index contributed by atoms with van der Waals surface area (Å²) in [5.41, 5.74) is -0.584. The number of halogens is 2. The third-order valence-corrected chi connectivity index (χ3v) is 1.65. The Labute approximate surface area is 91.6 Å². The van der Waals surface area contributed by atoms with Gasteiger partial charge in [0.15, 0.2) is 0 Å². The van der Waals surface area contributed by atoms with Gasteiger partial charge in [-0.1, -0.05) is 12.1 Å². The zero-order chi connectivity index (χ0) is 14.5. The molecule has 2 aromatic rings. The smallest absolute Gasteiger partial charge is 0.147 e. The van der Waals surface area contributed by atoms with E-state index in [1.165, 1.54) is 0 Å². The lowest BCUT2D eigenvalue weighted by atomic mass is 10.3. The molecule has 1 heterocycles. The van der Waals surface area contributed by atoms with Crippen molar-refractivity contribution in [3.63, 3.8) is 0 Å². The summed E-state index contributed by atoms with van der Waals surface area (Å²) in [4.78, 5) is 3.59. The van der Waals surface area contributed by atoms with Gasteiger partial charge in [0.2, 0.25) is 0 Å². The van der Waals surface area contributed by atoms with Gasteiger partial charge in [-0.05, 0) is 28.0 Å². The van der Waals surface area contributed by atoms with Crippen molar-refractivity contribution < 1.29 is 12.6 Å². The summed E-state index contributed by atoms with van der Waals surface area (Å²) in [5.74, 6) is -1.22. The van der Waals surface area contributed by atoms with E-state index in [1.54, 1.807) is 0 Å². The highest BCUT2D eigenvalue weighted by Gasteiger charge is 2.02. The van der Waals surface area contributed by atoms with Crippen LogP contribution in [0.4, 0.5) is 4.39 Å². The quantitative estimate of drug-likeness (QED) is 0.757. The van der Waals surface area contributed by atoms with Crippen molar-refractivity contribution in [2.24, 2.45) is 0 Å². The second-order valence-corrected chi connectivity index (χ2v) is 2.86. The highest BCUT2D eigenvalue weighted by molar-refractivity contribution is 9.10. The molecule has 1 aromatic heterocycles. The fourth-order valence-electron chi connectivity index (χ4n) is 0.787. The topological polar surface area (TPSA) is 17.8 Å². The van der Waals surface area contributed by atoms with E-state index in [9.17, 15) is 4.39 Å². The first-order chi connectivity index (χ1) is 8.77. The van der Waals surface area contributed by atoms with Gasteiger partial charge in [0.1, 0.15) is 18.1 Å². The van der Waals surface area contributed by atoms with E-state index in [4.69, 9.17) is 8.22 Å². The van der Waals surface area contributed by atoms with Gasteiger partial charge in [-0.15, -0.1) is 0 Å². The zero-order valence-corrected chi connectivity index (χ0v) is 7.74. The molecule has 4 heteroatoms. The predicted molar refractivity (Wildman–Crippen MR) is 51.2 cm³/mol. The molecule has 0 amide bonds. The van der Waals surface area contributed by atoms with Gasteiger partial charge in [-0.3, -0.25) is 0 Å².